The molecule has 1 unspecified atom stereocenters. The topological polar surface area (TPSA) is 32.3 Å². The highest BCUT2D eigenvalue weighted by Gasteiger charge is 2.24. The lowest BCUT2D eigenvalue weighted by Crippen LogP contribution is -2.26. The van der Waals surface area contributed by atoms with Crippen LogP contribution in [-0.2, 0) is 0 Å². The Labute approximate surface area is 103 Å². The largest absolute Gasteiger partial charge is 0.394 e. The molecule has 92 valence electrons. The van der Waals surface area contributed by atoms with Crippen molar-refractivity contribution in [3.05, 3.63) is 35.4 Å². The second-order valence-electron chi connectivity index (χ2n) is 5.53. The first-order chi connectivity index (χ1) is 8.36. The van der Waals surface area contributed by atoms with Gasteiger partial charge in [0.15, 0.2) is 0 Å². The molecule has 1 atom stereocenters. The Hall–Kier alpha value is -0.860. The fourth-order valence-electron chi connectivity index (χ4n) is 2.34. The molecular formula is C15H21NO. The van der Waals surface area contributed by atoms with Gasteiger partial charge < -0.3 is 10.4 Å². The van der Waals surface area contributed by atoms with E-state index in [1.54, 1.807) is 0 Å². The van der Waals surface area contributed by atoms with E-state index in [9.17, 15) is 5.11 Å². The number of hydrogen-bond donors (Lipinski definition) is 2. The molecule has 1 aromatic carbocycles. The molecule has 2 N–H and O–H groups in total. The summed E-state index contributed by atoms with van der Waals surface area (Å²) in [7, 11) is 0. The van der Waals surface area contributed by atoms with Gasteiger partial charge in [-0.2, -0.15) is 0 Å². The van der Waals surface area contributed by atoms with Crippen molar-refractivity contribution in [2.24, 2.45) is 5.92 Å². The summed E-state index contributed by atoms with van der Waals surface area (Å²) < 4.78 is 0. The quantitative estimate of drug-likeness (QED) is 0.788. The summed E-state index contributed by atoms with van der Waals surface area (Å²) in [5.74, 6) is 1.67. The maximum absolute atomic E-state index is 9.44. The average molecular weight is 231 g/mol. The van der Waals surface area contributed by atoms with E-state index in [1.165, 1.54) is 36.8 Å². The van der Waals surface area contributed by atoms with Crippen molar-refractivity contribution in [3.63, 3.8) is 0 Å². The van der Waals surface area contributed by atoms with E-state index in [2.05, 4.69) is 29.6 Å². The third kappa shape index (κ3) is 2.88. The van der Waals surface area contributed by atoms with Gasteiger partial charge in [0.25, 0.3) is 0 Å². The van der Waals surface area contributed by atoms with Gasteiger partial charge in [0.2, 0.25) is 0 Å². The van der Waals surface area contributed by atoms with Crippen molar-refractivity contribution in [2.75, 3.05) is 13.2 Å². The molecule has 2 aliphatic rings. The number of aliphatic hydroxyl groups is 1. The van der Waals surface area contributed by atoms with Crippen molar-refractivity contribution in [3.8, 4) is 0 Å². The van der Waals surface area contributed by atoms with E-state index >= 15 is 0 Å². The van der Waals surface area contributed by atoms with Crippen LogP contribution in [0.2, 0.25) is 0 Å². The standard InChI is InChI=1S/C15H21NO/c17-10-15(16-9-11-1-2-11)14-7-5-13(6-8-14)12-3-4-12/h5-8,11-12,15-17H,1-4,9-10H2. The molecule has 0 aliphatic heterocycles. The molecule has 0 spiro atoms. The molecule has 3 rings (SSSR count). The Morgan fingerprint density at radius 3 is 2.35 bits per heavy atom. The van der Waals surface area contributed by atoms with E-state index < -0.39 is 0 Å². The summed E-state index contributed by atoms with van der Waals surface area (Å²) in [5, 5.41) is 12.9. The van der Waals surface area contributed by atoms with Gasteiger partial charge in [-0.25, -0.2) is 0 Å². The Balaban J connectivity index is 1.62. The highest BCUT2D eigenvalue weighted by atomic mass is 16.3. The average Bonchev–Trinajstić information content (AvgIpc) is 3.24. The third-order valence-electron chi connectivity index (χ3n) is 3.92. The Kier molecular flexibility index (Phi) is 3.17. The van der Waals surface area contributed by atoms with E-state index in [4.69, 9.17) is 0 Å². The predicted molar refractivity (Wildman–Crippen MR) is 69.0 cm³/mol. The maximum atomic E-state index is 9.44. The zero-order valence-electron chi connectivity index (χ0n) is 10.2. The van der Waals surface area contributed by atoms with Gasteiger partial charge in [-0.05, 0) is 55.2 Å². The number of hydrogen-bond acceptors (Lipinski definition) is 2. The second-order valence-corrected chi connectivity index (χ2v) is 5.53. The van der Waals surface area contributed by atoms with Gasteiger partial charge >= 0.3 is 0 Å². The SMILES string of the molecule is OCC(NCC1CC1)c1ccc(C2CC2)cc1. The summed E-state index contributed by atoms with van der Waals surface area (Å²) >= 11 is 0. The van der Waals surface area contributed by atoms with Gasteiger partial charge in [0.05, 0.1) is 12.6 Å². The van der Waals surface area contributed by atoms with Crippen LogP contribution in [0, 0.1) is 5.92 Å². The maximum Gasteiger partial charge on any atom is 0.0626 e. The van der Waals surface area contributed by atoms with Crippen molar-refractivity contribution in [1.29, 1.82) is 0 Å². The molecular weight excluding hydrogens is 210 g/mol. The molecule has 2 fully saturated rings. The van der Waals surface area contributed by atoms with Crippen LogP contribution in [0.1, 0.15) is 48.8 Å². The molecule has 17 heavy (non-hydrogen) atoms. The third-order valence-corrected chi connectivity index (χ3v) is 3.92. The number of rotatable bonds is 6. The highest BCUT2D eigenvalue weighted by Crippen LogP contribution is 2.40. The van der Waals surface area contributed by atoms with Crippen LogP contribution in [0.3, 0.4) is 0 Å². The van der Waals surface area contributed by atoms with E-state index in [0.29, 0.717) is 0 Å². The zero-order valence-corrected chi connectivity index (χ0v) is 10.2. The summed E-state index contributed by atoms with van der Waals surface area (Å²) in [4.78, 5) is 0. The van der Waals surface area contributed by atoms with Crippen molar-refractivity contribution < 1.29 is 5.11 Å². The minimum absolute atomic E-state index is 0.115. The fourth-order valence-corrected chi connectivity index (χ4v) is 2.34. The highest BCUT2D eigenvalue weighted by molar-refractivity contribution is 5.29. The molecule has 2 nitrogen and oxygen atoms in total. The molecule has 1 aromatic rings. The molecule has 2 aliphatic carbocycles. The normalized spacial score (nSPS) is 21.5. The molecule has 2 heteroatoms. The lowest BCUT2D eigenvalue weighted by Gasteiger charge is -2.17. The summed E-state index contributed by atoms with van der Waals surface area (Å²) in [6, 6.07) is 8.93. The molecule has 0 radical (unpaired) electrons. The lowest BCUT2D eigenvalue weighted by atomic mass is 10.0. The van der Waals surface area contributed by atoms with E-state index in [-0.39, 0.29) is 12.6 Å². The van der Waals surface area contributed by atoms with Crippen LogP contribution in [0.25, 0.3) is 0 Å². The second kappa shape index (κ2) is 4.79. The van der Waals surface area contributed by atoms with Gasteiger partial charge in [-0.3, -0.25) is 0 Å². The minimum atomic E-state index is 0.115. The molecule has 0 heterocycles. The Morgan fingerprint density at radius 2 is 1.82 bits per heavy atom. The van der Waals surface area contributed by atoms with Crippen molar-refractivity contribution in [2.45, 2.75) is 37.6 Å². The predicted octanol–water partition coefficient (Wildman–Crippen LogP) is 2.60. The lowest BCUT2D eigenvalue weighted by molar-refractivity contribution is 0.243. The molecule has 0 saturated heterocycles. The van der Waals surface area contributed by atoms with Gasteiger partial charge in [-0.15, -0.1) is 0 Å². The molecule has 0 aromatic heterocycles. The molecule has 2 saturated carbocycles. The van der Waals surface area contributed by atoms with Crippen LogP contribution in [0.4, 0.5) is 0 Å². The summed E-state index contributed by atoms with van der Waals surface area (Å²) in [6.45, 7) is 1.24. The van der Waals surface area contributed by atoms with Crippen LogP contribution < -0.4 is 5.32 Å². The van der Waals surface area contributed by atoms with Gasteiger partial charge in [0.1, 0.15) is 0 Å². The number of aliphatic hydroxyl groups excluding tert-OH is 1. The Morgan fingerprint density at radius 1 is 1.12 bits per heavy atom. The van der Waals surface area contributed by atoms with E-state index in [0.717, 1.165) is 18.4 Å². The van der Waals surface area contributed by atoms with Gasteiger partial charge in [0, 0.05) is 0 Å². The Bertz CT molecular complexity index is 365. The van der Waals surface area contributed by atoms with Crippen LogP contribution in [-0.4, -0.2) is 18.3 Å². The summed E-state index contributed by atoms with van der Waals surface area (Å²) in [5.41, 5.74) is 2.69. The van der Waals surface area contributed by atoms with Gasteiger partial charge in [-0.1, -0.05) is 24.3 Å². The van der Waals surface area contributed by atoms with Crippen molar-refractivity contribution >= 4 is 0 Å². The monoisotopic (exact) mass is 231 g/mol. The van der Waals surface area contributed by atoms with Crippen LogP contribution in [0.15, 0.2) is 24.3 Å². The summed E-state index contributed by atoms with van der Waals surface area (Å²) in [6.07, 6.45) is 5.41. The minimum Gasteiger partial charge on any atom is -0.394 e. The molecule has 0 bridgehead atoms. The number of benzene rings is 1. The van der Waals surface area contributed by atoms with Crippen molar-refractivity contribution in [1.82, 2.24) is 5.32 Å². The van der Waals surface area contributed by atoms with E-state index in [1.807, 2.05) is 0 Å². The fraction of sp³-hybridized carbons (Fsp3) is 0.600. The first-order valence-corrected chi connectivity index (χ1v) is 6.81. The first kappa shape index (κ1) is 11.2. The first-order valence-electron chi connectivity index (χ1n) is 6.81. The van der Waals surface area contributed by atoms with Crippen LogP contribution >= 0.6 is 0 Å². The number of nitrogens with one attached hydrogen (secondary N) is 1. The smallest absolute Gasteiger partial charge is 0.0626 e. The van der Waals surface area contributed by atoms with Crippen LogP contribution in [0.5, 0.6) is 0 Å². The zero-order chi connectivity index (χ0) is 11.7. The molecule has 0 amide bonds.